The predicted molar refractivity (Wildman–Crippen MR) is 37.2 cm³/mol. The van der Waals surface area contributed by atoms with Crippen LogP contribution in [0.15, 0.2) is 0 Å². The van der Waals surface area contributed by atoms with Gasteiger partial charge in [0.25, 0.3) is 0 Å². The number of ether oxygens (including phenoxy) is 1. The van der Waals surface area contributed by atoms with Crippen LogP contribution in [0, 0.1) is 5.92 Å². The van der Waals surface area contributed by atoms with E-state index in [0.29, 0.717) is 12.0 Å². The second-order valence-electron chi connectivity index (χ2n) is 3.03. The molecular formula is C7H15NO. The summed E-state index contributed by atoms with van der Waals surface area (Å²) in [5.41, 5.74) is 5.75. The van der Waals surface area contributed by atoms with Crippen molar-refractivity contribution >= 4 is 0 Å². The maximum absolute atomic E-state index is 5.75. The van der Waals surface area contributed by atoms with Crippen LogP contribution < -0.4 is 5.73 Å². The summed E-state index contributed by atoms with van der Waals surface area (Å²) in [7, 11) is 0. The third-order valence-electron chi connectivity index (χ3n) is 1.84. The van der Waals surface area contributed by atoms with Crippen molar-refractivity contribution in [3.8, 4) is 0 Å². The van der Waals surface area contributed by atoms with Crippen molar-refractivity contribution in [1.29, 1.82) is 0 Å². The minimum atomic E-state index is 0.282. The molecule has 1 aliphatic heterocycles. The molecule has 2 heteroatoms. The third-order valence-corrected chi connectivity index (χ3v) is 1.84. The third kappa shape index (κ3) is 1.43. The Morgan fingerprint density at radius 1 is 1.56 bits per heavy atom. The molecule has 0 aromatic carbocycles. The highest BCUT2D eigenvalue weighted by atomic mass is 16.5. The summed E-state index contributed by atoms with van der Waals surface area (Å²) < 4.78 is 5.40. The highest BCUT2D eigenvalue weighted by Crippen LogP contribution is 2.18. The minimum absolute atomic E-state index is 0.282. The first-order chi connectivity index (χ1) is 4.22. The van der Waals surface area contributed by atoms with Crippen LogP contribution >= 0.6 is 0 Å². The molecule has 0 saturated carbocycles. The normalized spacial score (nSPS) is 36.0. The van der Waals surface area contributed by atoms with Crippen molar-refractivity contribution in [1.82, 2.24) is 0 Å². The van der Waals surface area contributed by atoms with E-state index in [4.69, 9.17) is 10.5 Å². The molecule has 1 fully saturated rings. The zero-order valence-electron chi connectivity index (χ0n) is 6.13. The highest BCUT2D eigenvalue weighted by Gasteiger charge is 2.26. The van der Waals surface area contributed by atoms with Crippen molar-refractivity contribution in [2.75, 3.05) is 6.61 Å². The van der Waals surface area contributed by atoms with Crippen molar-refractivity contribution in [2.45, 2.75) is 32.4 Å². The number of nitrogens with two attached hydrogens (primary N) is 1. The summed E-state index contributed by atoms with van der Waals surface area (Å²) in [6.45, 7) is 5.15. The van der Waals surface area contributed by atoms with E-state index in [1.807, 2.05) is 0 Å². The molecule has 2 N–H and O–H groups in total. The average Bonchev–Trinajstić information content (AvgIpc) is 2.13. The molecule has 0 bridgehead atoms. The molecule has 1 aliphatic rings. The Hall–Kier alpha value is -0.0800. The monoisotopic (exact) mass is 129 g/mol. The quantitative estimate of drug-likeness (QED) is 0.567. The zero-order valence-corrected chi connectivity index (χ0v) is 6.13. The Morgan fingerprint density at radius 3 is 2.44 bits per heavy atom. The highest BCUT2D eigenvalue weighted by molar-refractivity contribution is 4.80. The van der Waals surface area contributed by atoms with Gasteiger partial charge in [-0.1, -0.05) is 13.8 Å². The number of rotatable bonds is 1. The van der Waals surface area contributed by atoms with Crippen LogP contribution in [0.5, 0.6) is 0 Å². The summed E-state index contributed by atoms with van der Waals surface area (Å²) in [6.07, 6.45) is 1.34. The van der Waals surface area contributed by atoms with Crippen LogP contribution in [0.4, 0.5) is 0 Å². The molecule has 0 spiro atoms. The first kappa shape index (κ1) is 7.03. The van der Waals surface area contributed by atoms with Gasteiger partial charge in [0.05, 0.1) is 6.10 Å². The van der Waals surface area contributed by atoms with Gasteiger partial charge in [-0.25, -0.2) is 0 Å². The Balaban J connectivity index is 2.40. The van der Waals surface area contributed by atoms with E-state index in [1.165, 1.54) is 0 Å². The molecule has 0 aliphatic carbocycles. The molecule has 0 unspecified atom stereocenters. The van der Waals surface area contributed by atoms with E-state index in [1.54, 1.807) is 0 Å². The Labute approximate surface area is 56.4 Å². The van der Waals surface area contributed by atoms with E-state index >= 15 is 0 Å². The predicted octanol–water partition coefficient (Wildman–Crippen LogP) is 0.759. The summed E-state index contributed by atoms with van der Waals surface area (Å²) >= 11 is 0. The molecule has 54 valence electrons. The van der Waals surface area contributed by atoms with Gasteiger partial charge in [0.1, 0.15) is 0 Å². The van der Waals surface area contributed by atoms with E-state index in [-0.39, 0.29) is 6.04 Å². The van der Waals surface area contributed by atoms with E-state index in [0.717, 1.165) is 13.0 Å². The molecule has 1 saturated heterocycles. The summed E-state index contributed by atoms with van der Waals surface area (Å²) in [5.74, 6) is 0.572. The fourth-order valence-electron chi connectivity index (χ4n) is 1.31. The lowest BCUT2D eigenvalue weighted by Crippen LogP contribution is -2.33. The second kappa shape index (κ2) is 2.67. The van der Waals surface area contributed by atoms with Gasteiger partial charge < -0.3 is 10.5 Å². The van der Waals surface area contributed by atoms with Crippen molar-refractivity contribution in [2.24, 2.45) is 11.7 Å². The molecule has 0 amide bonds. The molecule has 2 atom stereocenters. The largest absolute Gasteiger partial charge is 0.376 e. The lowest BCUT2D eigenvalue weighted by molar-refractivity contribution is 0.0687. The maximum atomic E-state index is 5.75. The molecule has 0 aromatic heterocycles. The van der Waals surface area contributed by atoms with Gasteiger partial charge in [0.15, 0.2) is 0 Å². The van der Waals surface area contributed by atoms with Gasteiger partial charge in [-0.15, -0.1) is 0 Å². The molecule has 1 rings (SSSR count). The topological polar surface area (TPSA) is 35.2 Å². The summed E-state index contributed by atoms with van der Waals surface area (Å²) in [4.78, 5) is 0. The van der Waals surface area contributed by atoms with Gasteiger partial charge >= 0.3 is 0 Å². The minimum Gasteiger partial charge on any atom is -0.376 e. The van der Waals surface area contributed by atoms with E-state index in [2.05, 4.69) is 13.8 Å². The molecule has 9 heavy (non-hydrogen) atoms. The Morgan fingerprint density at radius 2 is 2.22 bits per heavy atom. The standard InChI is InChI=1S/C7H15NO/c1-5(2)7-6(8)3-4-9-7/h5-7H,3-4,8H2,1-2H3/t6-,7-/m0/s1. The fraction of sp³-hybridized carbons (Fsp3) is 1.00. The molecular weight excluding hydrogens is 114 g/mol. The average molecular weight is 129 g/mol. The number of hydrogen-bond acceptors (Lipinski definition) is 2. The van der Waals surface area contributed by atoms with Crippen LogP contribution in [0.3, 0.4) is 0 Å². The van der Waals surface area contributed by atoms with Crippen molar-refractivity contribution in [3.63, 3.8) is 0 Å². The van der Waals surface area contributed by atoms with Crippen LogP contribution in [-0.2, 0) is 4.74 Å². The fourth-order valence-corrected chi connectivity index (χ4v) is 1.31. The smallest absolute Gasteiger partial charge is 0.0749 e. The molecule has 0 aromatic rings. The van der Waals surface area contributed by atoms with Crippen LogP contribution in [0.25, 0.3) is 0 Å². The first-order valence-electron chi connectivity index (χ1n) is 3.59. The van der Waals surface area contributed by atoms with Crippen molar-refractivity contribution < 1.29 is 4.74 Å². The maximum Gasteiger partial charge on any atom is 0.0749 e. The van der Waals surface area contributed by atoms with E-state index in [9.17, 15) is 0 Å². The van der Waals surface area contributed by atoms with Gasteiger partial charge in [-0.3, -0.25) is 0 Å². The summed E-state index contributed by atoms with van der Waals surface area (Å²) in [5, 5.41) is 0. The SMILES string of the molecule is CC(C)[C@@H]1OCC[C@@H]1N. The van der Waals surface area contributed by atoms with Gasteiger partial charge in [0.2, 0.25) is 0 Å². The van der Waals surface area contributed by atoms with Gasteiger partial charge in [0, 0.05) is 12.6 Å². The lowest BCUT2D eigenvalue weighted by atomic mass is 10.0. The van der Waals surface area contributed by atoms with Gasteiger partial charge in [-0.2, -0.15) is 0 Å². The van der Waals surface area contributed by atoms with Crippen LogP contribution in [0.1, 0.15) is 20.3 Å². The first-order valence-corrected chi connectivity index (χ1v) is 3.59. The van der Waals surface area contributed by atoms with E-state index < -0.39 is 0 Å². The van der Waals surface area contributed by atoms with Crippen LogP contribution in [0.2, 0.25) is 0 Å². The van der Waals surface area contributed by atoms with Crippen molar-refractivity contribution in [3.05, 3.63) is 0 Å². The van der Waals surface area contributed by atoms with Gasteiger partial charge in [-0.05, 0) is 12.3 Å². The van der Waals surface area contributed by atoms with Crippen LogP contribution in [-0.4, -0.2) is 18.8 Å². The Kier molecular flexibility index (Phi) is 2.09. The second-order valence-corrected chi connectivity index (χ2v) is 3.03. The summed E-state index contributed by atoms with van der Waals surface area (Å²) in [6, 6.07) is 0.282. The Bertz CT molecular complexity index is 92.9. The molecule has 2 nitrogen and oxygen atoms in total. The lowest BCUT2D eigenvalue weighted by Gasteiger charge is -2.17. The molecule has 1 heterocycles. The number of hydrogen-bond donors (Lipinski definition) is 1. The molecule has 0 radical (unpaired) electrons. The zero-order chi connectivity index (χ0) is 6.85.